The summed E-state index contributed by atoms with van der Waals surface area (Å²) in [5.74, 6) is 0.705. The number of likely N-dealkylation sites (tertiary alicyclic amines) is 1. The number of fused-ring (bicyclic) bond motifs is 1. The van der Waals surface area contributed by atoms with Gasteiger partial charge in [-0.15, -0.1) is 0 Å². The minimum atomic E-state index is -0.0352. The van der Waals surface area contributed by atoms with Gasteiger partial charge >= 0.3 is 0 Å². The van der Waals surface area contributed by atoms with Gasteiger partial charge in [0, 0.05) is 51.4 Å². The fourth-order valence-corrected chi connectivity index (χ4v) is 4.11. The number of likely N-dealkylation sites (N-methyl/N-ethyl adjacent to an activating group) is 1. The number of anilines is 1. The van der Waals surface area contributed by atoms with Crippen molar-refractivity contribution in [2.24, 2.45) is 11.8 Å². The van der Waals surface area contributed by atoms with Crippen molar-refractivity contribution in [2.75, 3.05) is 38.1 Å². The van der Waals surface area contributed by atoms with Crippen molar-refractivity contribution >= 4 is 17.5 Å². The van der Waals surface area contributed by atoms with Crippen LogP contribution in [0.2, 0.25) is 0 Å². The molecule has 1 saturated carbocycles. The highest BCUT2D eigenvalue weighted by Gasteiger charge is 2.37. The quantitative estimate of drug-likeness (QED) is 0.828. The molecule has 1 saturated heterocycles. The number of nitrogens with zero attached hydrogens (tertiary/aromatic N) is 3. The number of carbonyl (C=O) groups is 2. The van der Waals surface area contributed by atoms with Crippen LogP contribution in [0, 0.1) is 11.8 Å². The first kappa shape index (κ1) is 16.4. The van der Waals surface area contributed by atoms with Crippen molar-refractivity contribution in [3.8, 4) is 0 Å². The summed E-state index contributed by atoms with van der Waals surface area (Å²) in [6, 6.07) is 8.33. The zero-order valence-corrected chi connectivity index (χ0v) is 15.0. The molecule has 0 N–H and O–H groups in total. The van der Waals surface area contributed by atoms with Crippen LogP contribution in [-0.4, -0.2) is 54.8 Å². The molecule has 0 radical (unpaired) electrons. The molecule has 2 heterocycles. The Balaban J connectivity index is 1.46. The lowest BCUT2D eigenvalue weighted by Crippen LogP contribution is -2.47. The summed E-state index contributed by atoms with van der Waals surface area (Å²) in [7, 11) is 2.09. The van der Waals surface area contributed by atoms with E-state index in [0.717, 1.165) is 45.3 Å². The number of benzene rings is 1. The molecule has 25 heavy (non-hydrogen) atoms. The van der Waals surface area contributed by atoms with E-state index in [2.05, 4.69) is 30.1 Å². The Bertz CT molecular complexity index is 671. The molecule has 2 aliphatic heterocycles. The standard InChI is InChI=1S/C20H27N3O2/c1-21-11-12-23(13-16-5-2-3-7-18(16)21)20(25)17-6-4-10-22(14-17)19(24)15-8-9-15/h2-3,5,7,15,17H,4,6,8-14H2,1H3/t17-/m0/s1. The van der Waals surface area contributed by atoms with E-state index in [-0.39, 0.29) is 23.7 Å². The maximum Gasteiger partial charge on any atom is 0.227 e. The van der Waals surface area contributed by atoms with Gasteiger partial charge < -0.3 is 14.7 Å². The summed E-state index contributed by atoms with van der Waals surface area (Å²) in [5.41, 5.74) is 2.42. The Morgan fingerprint density at radius 3 is 2.48 bits per heavy atom. The summed E-state index contributed by atoms with van der Waals surface area (Å²) in [6.07, 6.45) is 3.91. The van der Waals surface area contributed by atoms with Crippen LogP contribution < -0.4 is 4.90 Å². The number of carbonyl (C=O) groups excluding carboxylic acids is 2. The van der Waals surface area contributed by atoms with Crippen molar-refractivity contribution < 1.29 is 9.59 Å². The summed E-state index contributed by atoms with van der Waals surface area (Å²) in [5, 5.41) is 0. The van der Waals surface area contributed by atoms with Gasteiger partial charge in [0.1, 0.15) is 0 Å². The highest BCUT2D eigenvalue weighted by Crippen LogP contribution is 2.33. The maximum atomic E-state index is 13.1. The second-order valence-electron chi connectivity index (χ2n) is 7.71. The van der Waals surface area contributed by atoms with Crippen LogP contribution in [0.1, 0.15) is 31.2 Å². The number of hydrogen-bond donors (Lipinski definition) is 0. The molecule has 0 bridgehead atoms. The van der Waals surface area contributed by atoms with E-state index in [1.54, 1.807) is 0 Å². The molecule has 134 valence electrons. The lowest BCUT2D eigenvalue weighted by molar-refractivity contribution is -0.141. The molecule has 0 spiro atoms. The Hall–Kier alpha value is -2.04. The van der Waals surface area contributed by atoms with Crippen LogP contribution in [0.15, 0.2) is 24.3 Å². The monoisotopic (exact) mass is 341 g/mol. The minimum Gasteiger partial charge on any atom is -0.373 e. The van der Waals surface area contributed by atoms with Crippen LogP contribution >= 0.6 is 0 Å². The van der Waals surface area contributed by atoms with Gasteiger partial charge in [-0.3, -0.25) is 9.59 Å². The zero-order valence-electron chi connectivity index (χ0n) is 15.0. The smallest absolute Gasteiger partial charge is 0.227 e. The molecule has 1 aliphatic carbocycles. The molecule has 2 amide bonds. The summed E-state index contributed by atoms with van der Waals surface area (Å²) in [4.78, 5) is 31.7. The number of hydrogen-bond acceptors (Lipinski definition) is 3. The van der Waals surface area contributed by atoms with E-state index >= 15 is 0 Å². The molecule has 5 heteroatoms. The van der Waals surface area contributed by atoms with Crippen LogP contribution in [0.3, 0.4) is 0 Å². The molecular formula is C20H27N3O2. The van der Waals surface area contributed by atoms with E-state index in [9.17, 15) is 9.59 Å². The Kier molecular flexibility index (Phi) is 4.40. The zero-order chi connectivity index (χ0) is 17.4. The fraction of sp³-hybridized carbons (Fsp3) is 0.600. The van der Waals surface area contributed by atoms with Crippen molar-refractivity contribution in [1.29, 1.82) is 0 Å². The molecule has 1 aromatic carbocycles. The fourth-order valence-electron chi connectivity index (χ4n) is 4.11. The SMILES string of the molecule is CN1CCN(C(=O)[C@H]2CCCN(C(=O)C3CC3)C2)Cc2ccccc21. The molecule has 1 atom stereocenters. The topological polar surface area (TPSA) is 43.9 Å². The molecule has 0 aromatic heterocycles. The normalized spacial score (nSPS) is 23.9. The van der Waals surface area contributed by atoms with Gasteiger partial charge in [-0.05, 0) is 37.3 Å². The van der Waals surface area contributed by atoms with E-state index in [1.165, 1.54) is 11.3 Å². The third kappa shape index (κ3) is 3.37. The third-order valence-corrected chi connectivity index (χ3v) is 5.79. The van der Waals surface area contributed by atoms with Crippen LogP contribution in [0.4, 0.5) is 5.69 Å². The largest absolute Gasteiger partial charge is 0.373 e. The number of para-hydroxylation sites is 1. The Morgan fingerprint density at radius 1 is 0.920 bits per heavy atom. The van der Waals surface area contributed by atoms with Crippen molar-refractivity contribution in [1.82, 2.24) is 9.80 Å². The highest BCUT2D eigenvalue weighted by molar-refractivity contribution is 5.83. The molecular weight excluding hydrogens is 314 g/mol. The second kappa shape index (κ2) is 6.70. The van der Waals surface area contributed by atoms with E-state index in [4.69, 9.17) is 0 Å². The van der Waals surface area contributed by atoms with Gasteiger partial charge in [-0.25, -0.2) is 0 Å². The lowest BCUT2D eigenvalue weighted by Gasteiger charge is -2.35. The maximum absolute atomic E-state index is 13.1. The van der Waals surface area contributed by atoms with Crippen molar-refractivity contribution in [3.05, 3.63) is 29.8 Å². The third-order valence-electron chi connectivity index (χ3n) is 5.79. The van der Waals surface area contributed by atoms with Crippen LogP contribution in [0.25, 0.3) is 0 Å². The molecule has 0 unspecified atom stereocenters. The van der Waals surface area contributed by atoms with Crippen LogP contribution in [-0.2, 0) is 16.1 Å². The summed E-state index contributed by atoms with van der Waals surface area (Å²) >= 11 is 0. The lowest BCUT2D eigenvalue weighted by atomic mass is 9.95. The number of rotatable bonds is 2. The predicted octanol–water partition coefficient (Wildman–Crippen LogP) is 2.11. The van der Waals surface area contributed by atoms with Gasteiger partial charge in [-0.1, -0.05) is 18.2 Å². The van der Waals surface area contributed by atoms with Crippen LogP contribution in [0.5, 0.6) is 0 Å². The first-order valence-electron chi connectivity index (χ1n) is 9.50. The van der Waals surface area contributed by atoms with Gasteiger partial charge in [-0.2, -0.15) is 0 Å². The molecule has 4 rings (SSSR count). The highest BCUT2D eigenvalue weighted by atomic mass is 16.2. The average molecular weight is 341 g/mol. The first-order chi connectivity index (χ1) is 12.1. The van der Waals surface area contributed by atoms with Crippen molar-refractivity contribution in [2.45, 2.75) is 32.2 Å². The first-order valence-corrected chi connectivity index (χ1v) is 9.50. The van der Waals surface area contributed by atoms with Gasteiger partial charge in [0.05, 0.1) is 5.92 Å². The second-order valence-corrected chi connectivity index (χ2v) is 7.71. The summed E-state index contributed by atoms with van der Waals surface area (Å²) < 4.78 is 0. The molecule has 2 fully saturated rings. The Labute approximate surface area is 149 Å². The van der Waals surface area contributed by atoms with E-state index in [0.29, 0.717) is 13.1 Å². The van der Waals surface area contributed by atoms with E-state index in [1.807, 2.05) is 15.9 Å². The van der Waals surface area contributed by atoms with E-state index < -0.39 is 0 Å². The number of amides is 2. The molecule has 5 nitrogen and oxygen atoms in total. The number of piperidine rings is 1. The Morgan fingerprint density at radius 2 is 1.68 bits per heavy atom. The minimum absolute atomic E-state index is 0.0352. The summed E-state index contributed by atoms with van der Waals surface area (Å²) in [6.45, 7) is 3.70. The van der Waals surface area contributed by atoms with Gasteiger partial charge in [0.15, 0.2) is 0 Å². The van der Waals surface area contributed by atoms with Crippen molar-refractivity contribution in [3.63, 3.8) is 0 Å². The predicted molar refractivity (Wildman–Crippen MR) is 97.2 cm³/mol. The van der Waals surface area contributed by atoms with Gasteiger partial charge in [0.25, 0.3) is 0 Å². The van der Waals surface area contributed by atoms with Gasteiger partial charge in [0.2, 0.25) is 11.8 Å². The average Bonchev–Trinajstić information content (AvgIpc) is 3.49. The molecule has 3 aliphatic rings. The molecule has 1 aromatic rings.